The van der Waals surface area contributed by atoms with Crippen LogP contribution in [-0.2, 0) is 16.0 Å². The Morgan fingerprint density at radius 2 is 1.96 bits per heavy atom. The van der Waals surface area contributed by atoms with Crippen LogP contribution in [0.3, 0.4) is 0 Å². The molecular formula is C19H18ClNO4. The number of rotatable bonds is 4. The molecule has 6 heteroatoms. The third-order valence-electron chi connectivity index (χ3n) is 4.24. The summed E-state index contributed by atoms with van der Waals surface area (Å²) in [6.07, 6.45) is -1.02. The SMILES string of the molecule is COc1ccc(CC(=O)N2C(=O)O[C@@H](c3ccccc3)[C@H]2C)cc1Cl. The number of amides is 2. The number of halogens is 1. The summed E-state index contributed by atoms with van der Waals surface area (Å²) in [5.41, 5.74) is 1.57. The number of ether oxygens (including phenoxy) is 2. The minimum absolute atomic E-state index is 0.0602. The van der Waals surface area contributed by atoms with Crippen molar-refractivity contribution in [1.29, 1.82) is 0 Å². The van der Waals surface area contributed by atoms with Gasteiger partial charge in [0.1, 0.15) is 11.9 Å². The number of benzene rings is 2. The van der Waals surface area contributed by atoms with Crippen molar-refractivity contribution in [3.8, 4) is 5.75 Å². The van der Waals surface area contributed by atoms with Crippen molar-refractivity contribution in [3.05, 3.63) is 64.7 Å². The van der Waals surface area contributed by atoms with Crippen molar-refractivity contribution in [3.63, 3.8) is 0 Å². The Hall–Kier alpha value is -2.53. The number of cyclic esters (lactones) is 1. The average Bonchev–Trinajstić information content (AvgIpc) is 2.90. The molecule has 3 rings (SSSR count). The van der Waals surface area contributed by atoms with Crippen molar-refractivity contribution >= 4 is 23.6 Å². The maximum atomic E-state index is 12.6. The van der Waals surface area contributed by atoms with E-state index in [4.69, 9.17) is 21.1 Å². The molecule has 1 saturated heterocycles. The van der Waals surface area contributed by atoms with Gasteiger partial charge in [-0.3, -0.25) is 4.79 Å². The molecule has 5 nitrogen and oxygen atoms in total. The Morgan fingerprint density at radius 1 is 1.24 bits per heavy atom. The summed E-state index contributed by atoms with van der Waals surface area (Å²) in [5, 5.41) is 0.423. The molecule has 0 N–H and O–H groups in total. The van der Waals surface area contributed by atoms with Crippen molar-refractivity contribution < 1.29 is 19.1 Å². The number of imide groups is 1. The number of carbonyl (C=O) groups is 2. The fourth-order valence-corrected chi connectivity index (χ4v) is 3.24. The van der Waals surface area contributed by atoms with Gasteiger partial charge in [-0.2, -0.15) is 0 Å². The second-order valence-corrected chi connectivity index (χ2v) is 6.27. The van der Waals surface area contributed by atoms with Crippen LogP contribution in [-0.4, -0.2) is 30.1 Å². The van der Waals surface area contributed by atoms with Gasteiger partial charge in [0, 0.05) is 0 Å². The summed E-state index contributed by atoms with van der Waals surface area (Å²) < 4.78 is 10.5. The van der Waals surface area contributed by atoms with Crippen molar-refractivity contribution in [2.45, 2.75) is 25.5 Å². The van der Waals surface area contributed by atoms with Crippen molar-refractivity contribution in [2.75, 3.05) is 7.11 Å². The quantitative estimate of drug-likeness (QED) is 0.828. The van der Waals surface area contributed by atoms with Gasteiger partial charge in [-0.1, -0.05) is 48.0 Å². The maximum absolute atomic E-state index is 12.6. The molecule has 0 unspecified atom stereocenters. The van der Waals surface area contributed by atoms with E-state index in [1.165, 1.54) is 12.0 Å². The molecule has 0 radical (unpaired) electrons. The largest absolute Gasteiger partial charge is 0.495 e. The number of carbonyl (C=O) groups excluding carboxylic acids is 2. The Kier molecular flexibility index (Phi) is 4.95. The molecule has 0 saturated carbocycles. The molecule has 1 aliphatic heterocycles. The summed E-state index contributed by atoms with van der Waals surface area (Å²) >= 11 is 6.09. The lowest BCUT2D eigenvalue weighted by Crippen LogP contribution is -2.38. The number of methoxy groups -OCH3 is 1. The van der Waals surface area contributed by atoms with Crippen LogP contribution in [0, 0.1) is 0 Å². The predicted octanol–water partition coefficient (Wildman–Crippen LogP) is 4.00. The van der Waals surface area contributed by atoms with Gasteiger partial charge in [-0.15, -0.1) is 0 Å². The van der Waals surface area contributed by atoms with Crippen LogP contribution in [0.2, 0.25) is 5.02 Å². The van der Waals surface area contributed by atoms with Gasteiger partial charge >= 0.3 is 6.09 Å². The first-order valence-corrected chi connectivity index (χ1v) is 8.29. The molecule has 0 spiro atoms. The third kappa shape index (κ3) is 3.46. The van der Waals surface area contributed by atoms with Crippen molar-refractivity contribution in [2.24, 2.45) is 0 Å². The Balaban J connectivity index is 1.76. The van der Waals surface area contributed by atoms with E-state index in [0.717, 1.165) is 5.56 Å². The van der Waals surface area contributed by atoms with E-state index in [0.29, 0.717) is 16.3 Å². The number of hydrogen-bond donors (Lipinski definition) is 0. The third-order valence-corrected chi connectivity index (χ3v) is 4.53. The second-order valence-electron chi connectivity index (χ2n) is 5.87. The Bertz CT molecular complexity index is 793. The monoisotopic (exact) mass is 359 g/mol. The fourth-order valence-electron chi connectivity index (χ4n) is 2.96. The molecule has 0 aromatic heterocycles. The molecule has 0 aliphatic carbocycles. The minimum Gasteiger partial charge on any atom is -0.495 e. The smallest absolute Gasteiger partial charge is 0.417 e. The van der Waals surface area contributed by atoms with Crippen LogP contribution < -0.4 is 4.74 Å². The van der Waals surface area contributed by atoms with Crippen LogP contribution in [0.25, 0.3) is 0 Å². The Morgan fingerprint density at radius 3 is 2.60 bits per heavy atom. The molecule has 2 aromatic carbocycles. The van der Waals surface area contributed by atoms with Gasteiger partial charge in [0.2, 0.25) is 5.91 Å². The summed E-state index contributed by atoms with van der Waals surface area (Å²) in [6, 6.07) is 14.1. The first kappa shape index (κ1) is 17.3. The van der Waals surface area contributed by atoms with Gasteiger partial charge in [0.15, 0.2) is 0 Å². The lowest BCUT2D eigenvalue weighted by atomic mass is 10.0. The van der Waals surface area contributed by atoms with Gasteiger partial charge in [0.05, 0.1) is 24.6 Å². The van der Waals surface area contributed by atoms with E-state index < -0.39 is 12.2 Å². The Labute approximate surface area is 151 Å². The number of hydrogen-bond acceptors (Lipinski definition) is 4. The summed E-state index contributed by atoms with van der Waals surface area (Å²) in [6.45, 7) is 1.81. The summed E-state index contributed by atoms with van der Waals surface area (Å²) in [5.74, 6) is 0.216. The van der Waals surface area contributed by atoms with Crippen LogP contribution in [0.4, 0.5) is 4.79 Å². The van der Waals surface area contributed by atoms with Crippen LogP contribution in [0.5, 0.6) is 5.75 Å². The zero-order valence-electron chi connectivity index (χ0n) is 13.9. The molecule has 2 aromatic rings. The minimum atomic E-state index is -0.619. The molecule has 1 heterocycles. The zero-order valence-corrected chi connectivity index (χ0v) is 14.7. The number of nitrogens with zero attached hydrogens (tertiary/aromatic N) is 1. The van der Waals surface area contributed by atoms with Crippen LogP contribution >= 0.6 is 11.6 Å². The zero-order chi connectivity index (χ0) is 18.0. The predicted molar refractivity (Wildman–Crippen MR) is 93.7 cm³/mol. The van der Waals surface area contributed by atoms with E-state index in [-0.39, 0.29) is 18.4 Å². The second kappa shape index (κ2) is 7.15. The van der Waals surface area contributed by atoms with Gasteiger partial charge in [-0.05, 0) is 30.2 Å². The van der Waals surface area contributed by atoms with Crippen LogP contribution in [0.15, 0.2) is 48.5 Å². The summed E-state index contributed by atoms with van der Waals surface area (Å²) in [4.78, 5) is 26.0. The topological polar surface area (TPSA) is 55.8 Å². The van der Waals surface area contributed by atoms with E-state index in [1.807, 2.05) is 37.3 Å². The normalized spacial score (nSPS) is 19.6. The molecule has 1 fully saturated rings. The molecule has 0 bridgehead atoms. The standard InChI is InChI=1S/C19H18ClNO4/c1-12-18(14-6-4-3-5-7-14)25-19(23)21(12)17(22)11-13-8-9-16(24-2)15(20)10-13/h3-10,12,18H,11H2,1-2H3/t12-,18-/m1/s1. The fraction of sp³-hybridized carbons (Fsp3) is 0.263. The van der Waals surface area contributed by atoms with E-state index >= 15 is 0 Å². The molecule has 130 valence electrons. The van der Waals surface area contributed by atoms with Gasteiger partial charge in [0.25, 0.3) is 0 Å². The highest BCUT2D eigenvalue weighted by atomic mass is 35.5. The van der Waals surface area contributed by atoms with E-state index in [2.05, 4.69) is 0 Å². The van der Waals surface area contributed by atoms with E-state index in [1.54, 1.807) is 18.2 Å². The summed E-state index contributed by atoms with van der Waals surface area (Å²) in [7, 11) is 1.53. The highest BCUT2D eigenvalue weighted by molar-refractivity contribution is 6.32. The molecular weight excluding hydrogens is 342 g/mol. The first-order chi connectivity index (χ1) is 12.0. The first-order valence-electron chi connectivity index (χ1n) is 7.91. The molecule has 25 heavy (non-hydrogen) atoms. The molecule has 1 aliphatic rings. The molecule has 2 amide bonds. The van der Waals surface area contributed by atoms with Crippen molar-refractivity contribution in [1.82, 2.24) is 4.90 Å². The molecule has 2 atom stereocenters. The van der Waals surface area contributed by atoms with E-state index in [9.17, 15) is 9.59 Å². The lowest BCUT2D eigenvalue weighted by Gasteiger charge is -2.19. The van der Waals surface area contributed by atoms with Gasteiger partial charge in [-0.25, -0.2) is 9.69 Å². The highest BCUT2D eigenvalue weighted by Gasteiger charge is 2.43. The average molecular weight is 360 g/mol. The van der Waals surface area contributed by atoms with Gasteiger partial charge < -0.3 is 9.47 Å². The lowest BCUT2D eigenvalue weighted by molar-refractivity contribution is -0.128. The highest BCUT2D eigenvalue weighted by Crippen LogP contribution is 2.33. The maximum Gasteiger partial charge on any atom is 0.417 e. The van der Waals surface area contributed by atoms with Crippen LogP contribution in [0.1, 0.15) is 24.2 Å².